The van der Waals surface area contributed by atoms with Crippen molar-refractivity contribution in [3.63, 3.8) is 0 Å². The highest BCUT2D eigenvalue weighted by molar-refractivity contribution is 7.98. The lowest BCUT2D eigenvalue weighted by Gasteiger charge is -2.10. The van der Waals surface area contributed by atoms with E-state index < -0.39 is 0 Å². The fourth-order valence-corrected chi connectivity index (χ4v) is 2.23. The van der Waals surface area contributed by atoms with Crippen LogP contribution in [0.4, 0.5) is 0 Å². The Bertz CT molecular complexity index is 537. The van der Waals surface area contributed by atoms with Gasteiger partial charge in [-0.1, -0.05) is 26.0 Å². The van der Waals surface area contributed by atoms with Crippen LogP contribution in [-0.2, 0) is 6.54 Å². The SMILES string of the molecule is CSc1ccc(Oc2cccc(CNC(C)C)c2)cc1. The lowest BCUT2D eigenvalue weighted by atomic mass is 10.2. The molecule has 0 saturated heterocycles. The third kappa shape index (κ3) is 4.58. The molecule has 0 aromatic heterocycles. The van der Waals surface area contributed by atoms with Gasteiger partial charge in [-0.3, -0.25) is 0 Å². The van der Waals surface area contributed by atoms with Crippen LogP contribution in [0.5, 0.6) is 11.5 Å². The molecule has 0 aliphatic rings. The van der Waals surface area contributed by atoms with E-state index in [1.165, 1.54) is 10.5 Å². The Morgan fingerprint density at radius 3 is 2.45 bits per heavy atom. The van der Waals surface area contributed by atoms with Crippen LogP contribution in [0.2, 0.25) is 0 Å². The van der Waals surface area contributed by atoms with Crippen molar-refractivity contribution in [3.8, 4) is 11.5 Å². The molecular weight excluding hydrogens is 266 g/mol. The highest BCUT2D eigenvalue weighted by Gasteiger charge is 2.00. The Labute approximate surface area is 125 Å². The summed E-state index contributed by atoms with van der Waals surface area (Å²) < 4.78 is 5.89. The standard InChI is InChI=1S/C17H21NOS/c1-13(2)18-12-14-5-4-6-16(11-14)19-15-7-9-17(20-3)10-8-15/h4-11,13,18H,12H2,1-3H3. The predicted molar refractivity (Wildman–Crippen MR) is 86.7 cm³/mol. The minimum Gasteiger partial charge on any atom is -0.457 e. The Kier molecular flexibility index (Phi) is 5.50. The van der Waals surface area contributed by atoms with Crippen LogP contribution in [0.3, 0.4) is 0 Å². The van der Waals surface area contributed by atoms with Crippen molar-refractivity contribution in [2.75, 3.05) is 6.26 Å². The fourth-order valence-electron chi connectivity index (χ4n) is 1.82. The van der Waals surface area contributed by atoms with Gasteiger partial charge in [0.2, 0.25) is 0 Å². The van der Waals surface area contributed by atoms with Crippen molar-refractivity contribution in [2.45, 2.75) is 31.3 Å². The summed E-state index contributed by atoms with van der Waals surface area (Å²) in [7, 11) is 0. The van der Waals surface area contributed by atoms with Crippen molar-refractivity contribution in [2.24, 2.45) is 0 Å². The summed E-state index contributed by atoms with van der Waals surface area (Å²) in [6.07, 6.45) is 2.07. The first-order valence-electron chi connectivity index (χ1n) is 6.81. The first-order valence-corrected chi connectivity index (χ1v) is 8.04. The highest BCUT2D eigenvalue weighted by Crippen LogP contribution is 2.24. The minimum absolute atomic E-state index is 0.485. The normalized spacial score (nSPS) is 10.8. The van der Waals surface area contributed by atoms with E-state index in [9.17, 15) is 0 Å². The summed E-state index contributed by atoms with van der Waals surface area (Å²) in [5, 5.41) is 3.41. The summed E-state index contributed by atoms with van der Waals surface area (Å²) in [6, 6.07) is 16.9. The van der Waals surface area contributed by atoms with Crippen molar-refractivity contribution in [1.29, 1.82) is 0 Å². The lowest BCUT2D eigenvalue weighted by molar-refractivity contribution is 0.480. The van der Waals surface area contributed by atoms with E-state index in [2.05, 4.69) is 49.7 Å². The van der Waals surface area contributed by atoms with E-state index in [4.69, 9.17) is 4.74 Å². The van der Waals surface area contributed by atoms with Gasteiger partial charge in [-0.15, -0.1) is 11.8 Å². The molecule has 0 fully saturated rings. The van der Waals surface area contributed by atoms with Gasteiger partial charge in [0.15, 0.2) is 0 Å². The minimum atomic E-state index is 0.485. The van der Waals surface area contributed by atoms with E-state index in [0.29, 0.717) is 6.04 Å². The number of hydrogen-bond donors (Lipinski definition) is 1. The Balaban J connectivity index is 2.02. The maximum absolute atomic E-state index is 5.89. The molecule has 2 aromatic carbocycles. The topological polar surface area (TPSA) is 21.3 Å². The fraction of sp³-hybridized carbons (Fsp3) is 0.294. The second-order valence-corrected chi connectivity index (χ2v) is 5.84. The van der Waals surface area contributed by atoms with Crippen LogP contribution in [0, 0.1) is 0 Å². The van der Waals surface area contributed by atoms with Crippen LogP contribution in [0.25, 0.3) is 0 Å². The van der Waals surface area contributed by atoms with Gasteiger partial charge in [-0.05, 0) is 48.2 Å². The molecule has 0 saturated carbocycles. The van der Waals surface area contributed by atoms with Crippen molar-refractivity contribution < 1.29 is 4.74 Å². The second kappa shape index (κ2) is 7.36. The average molecular weight is 287 g/mol. The number of hydrogen-bond acceptors (Lipinski definition) is 3. The Morgan fingerprint density at radius 1 is 1.05 bits per heavy atom. The highest BCUT2D eigenvalue weighted by atomic mass is 32.2. The van der Waals surface area contributed by atoms with Gasteiger partial charge in [-0.25, -0.2) is 0 Å². The molecule has 2 aromatic rings. The molecular formula is C17H21NOS. The van der Waals surface area contributed by atoms with Crippen molar-refractivity contribution >= 4 is 11.8 Å². The van der Waals surface area contributed by atoms with Crippen molar-refractivity contribution in [3.05, 3.63) is 54.1 Å². The van der Waals surface area contributed by atoms with Crippen LogP contribution in [-0.4, -0.2) is 12.3 Å². The smallest absolute Gasteiger partial charge is 0.127 e. The van der Waals surface area contributed by atoms with Crippen LogP contribution in [0.15, 0.2) is 53.4 Å². The van der Waals surface area contributed by atoms with E-state index >= 15 is 0 Å². The van der Waals surface area contributed by atoms with Gasteiger partial charge in [0, 0.05) is 17.5 Å². The van der Waals surface area contributed by atoms with E-state index in [0.717, 1.165) is 18.0 Å². The molecule has 0 atom stereocenters. The average Bonchev–Trinajstić information content (AvgIpc) is 2.46. The molecule has 0 radical (unpaired) electrons. The van der Waals surface area contributed by atoms with E-state index in [-0.39, 0.29) is 0 Å². The quantitative estimate of drug-likeness (QED) is 0.778. The summed E-state index contributed by atoms with van der Waals surface area (Å²) in [5.41, 5.74) is 1.23. The predicted octanol–water partition coefficient (Wildman–Crippen LogP) is 4.70. The zero-order valence-corrected chi connectivity index (χ0v) is 13.0. The van der Waals surface area contributed by atoms with Gasteiger partial charge < -0.3 is 10.1 Å². The van der Waals surface area contributed by atoms with Gasteiger partial charge in [0.25, 0.3) is 0 Å². The number of benzene rings is 2. The number of thioether (sulfide) groups is 1. The summed E-state index contributed by atoms with van der Waals surface area (Å²) in [4.78, 5) is 1.24. The first kappa shape index (κ1) is 14.9. The molecule has 3 heteroatoms. The monoisotopic (exact) mass is 287 g/mol. The third-order valence-corrected chi connectivity index (χ3v) is 3.65. The van der Waals surface area contributed by atoms with Crippen LogP contribution >= 0.6 is 11.8 Å². The molecule has 1 N–H and O–H groups in total. The molecule has 106 valence electrons. The molecule has 0 aliphatic carbocycles. The Morgan fingerprint density at radius 2 is 1.80 bits per heavy atom. The molecule has 0 unspecified atom stereocenters. The van der Waals surface area contributed by atoms with Gasteiger partial charge in [-0.2, -0.15) is 0 Å². The second-order valence-electron chi connectivity index (χ2n) is 4.96. The van der Waals surface area contributed by atoms with E-state index in [1.54, 1.807) is 11.8 Å². The van der Waals surface area contributed by atoms with Crippen LogP contribution < -0.4 is 10.1 Å². The molecule has 0 amide bonds. The molecule has 0 aliphatic heterocycles. The molecule has 2 rings (SSSR count). The zero-order valence-electron chi connectivity index (χ0n) is 12.2. The largest absolute Gasteiger partial charge is 0.457 e. The van der Waals surface area contributed by atoms with Crippen LogP contribution in [0.1, 0.15) is 19.4 Å². The number of rotatable bonds is 6. The summed E-state index contributed by atoms with van der Waals surface area (Å²) >= 11 is 1.73. The third-order valence-electron chi connectivity index (χ3n) is 2.91. The number of ether oxygens (including phenoxy) is 1. The summed E-state index contributed by atoms with van der Waals surface area (Å²) in [5.74, 6) is 1.75. The lowest BCUT2D eigenvalue weighted by Crippen LogP contribution is -2.21. The zero-order chi connectivity index (χ0) is 14.4. The summed E-state index contributed by atoms with van der Waals surface area (Å²) in [6.45, 7) is 5.15. The molecule has 0 heterocycles. The molecule has 20 heavy (non-hydrogen) atoms. The molecule has 0 bridgehead atoms. The first-order chi connectivity index (χ1) is 9.67. The van der Waals surface area contributed by atoms with Gasteiger partial charge >= 0.3 is 0 Å². The van der Waals surface area contributed by atoms with Gasteiger partial charge in [0.1, 0.15) is 11.5 Å². The molecule has 0 spiro atoms. The number of nitrogens with one attached hydrogen (secondary N) is 1. The van der Waals surface area contributed by atoms with Crippen molar-refractivity contribution in [1.82, 2.24) is 5.32 Å². The van der Waals surface area contributed by atoms with Gasteiger partial charge in [0.05, 0.1) is 0 Å². The maximum Gasteiger partial charge on any atom is 0.127 e. The maximum atomic E-state index is 5.89. The Hall–Kier alpha value is -1.45. The molecule has 2 nitrogen and oxygen atoms in total. The van der Waals surface area contributed by atoms with E-state index in [1.807, 2.05) is 24.3 Å².